The fourth-order valence-corrected chi connectivity index (χ4v) is 3.66. The molecule has 0 amide bonds. The molecule has 1 nitrogen and oxygen atoms in total. The van der Waals surface area contributed by atoms with Gasteiger partial charge >= 0.3 is 0 Å². The van der Waals surface area contributed by atoms with E-state index in [1.165, 1.54) is 17.2 Å². The lowest BCUT2D eigenvalue weighted by Crippen LogP contribution is -2.18. The molecule has 18 heavy (non-hydrogen) atoms. The molecule has 3 rings (SSSR count). The Kier molecular flexibility index (Phi) is 3.10. The first-order valence-corrected chi connectivity index (χ1v) is 6.87. The van der Waals surface area contributed by atoms with Gasteiger partial charge in [-0.1, -0.05) is 30.3 Å². The van der Waals surface area contributed by atoms with Crippen LogP contribution in [0.3, 0.4) is 0 Å². The summed E-state index contributed by atoms with van der Waals surface area (Å²) in [5.74, 6) is -0.191. The zero-order chi connectivity index (χ0) is 12.5. The summed E-state index contributed by atoms with van der Waals surface area (Å²) < 4.78 is 13.2. The van der Waals surface area contributed by atoms with E-state index >= 15 is 0 Å². The van der Waals surface area contributed by atoms with Crippen molar-refractivity contribution in [3.63, 3.8) is 0 Å². The highest BCUT2D eigenvalue weighted by Crippen LogP contribution is 2.39. The second-order valence-corrected chi connectivity index (χ2v) is 5.86. The Bertz CT molecular complexity index is 570. The molecule has 2 N–H and O–H groups in total. The highest BCUT2D eigenvalue weighted by Gasteiger charge is 2.29. The van der Waals surface area contributed by atoms with Gasteiger partial charge in [0, 0.05) is 16.2 Å². The highest BCUT2D eigenvalue weighted by molar-refractivity contribution is 8.00. The molecule has 0 radical (unpaired) electrons. The maximum absolute atomic E-state index is 13.2. The second-order valence-electron chi connectivity index (χ2n) is 4.54. The highest BCUT2D eigenvalue weighted by atomic mass is 32.2. The quantitative estimate of drug-likeness (QED) is 0.892. The maximum Gasteiger partial charge on any atom is 0.124 e. The number of hydrogen-bond acceptors (Lipinski definition) is 2. The standard InChI is InChI=1S/C15H14FNS/c16-11-5-3-6-12(9-11)18-14-8-10-4-1-2-7-13(10)15(14)17/h1-7,9,14-15H,8,17H2. The molecule has 0 saturated carbocycles. The summed E-state index contributed by atoms with van der Waals surface area (Å²) in [6.45, 7) is 0. The molecule has 0 aromatic heterocycles. The van der Waals surface area contributed by atoms with Crippen molar-refractivity contribution in [3.8, 4) is 0 Å². The minimum Gasteiger partial charge on any atom is -0.323 e. The van der Waals surface area contributed by atoms with E-state index in [0.29, 0.717) is 5.25 Å². The summed E-state index contributed by atoms with van der Waals surface area (Å²) in [6, 6.07) is 15.0. The number of thioether (sulfide) groups is 1. The molecule has 0 heterocycles. The third kappa shape index (κ3) is 2.16. The third-order valence-corrected chi connectivity index (χ3v) is 4.61. The Labute approximate surface area is 110 Å². The van der Waals surface area contributed by atoms with Gasteiger partial charge in [-0.25, -0.2) is 4.39 Å². The summed E-state index contributed by atoms with van der Waals surface area (Å²) in [4.78, 5) is 0.947. The van der Waals surface area contributed by atoms with Crippen LogP contribution in [-0.4, -0.2) is 5.25 Å². The minimum atomic E-state index is -0.191. The number of rotatable bonds is 2. The van der Waals surface area contributed by atoms with Gasteiger partial charge in [-0.15, -0.1) is 11.8 Å². The molecule has 0 bridgehead atoms. The van der Waals surface area contributed by atoms with E-state index in [4.69, 9.17) is 5.73 Å². The molecule has 3 heteroatoms. The topological polar surface area (TPSA) is 26.0 Å². The molecule has 2 atom stereocenters. The molecule has 0 fully saturated rings. The first-order valence-electron chi connectivity index (χ1n) is 5.99. The van der Waals surface area contributed by atoms with E-state index in [9.17, 15) is 4.39 Å². The van der Waals surface area contributed by atoms with Crippen LogP contribution in [0, 0.1) is 5.82 Å². The zero-order valence-corrected chi connectivity index (χ0v) is 10.7. The van der Waals surface area contributed by atoms with Crippen LogP contribution >= 0.6 is 11.8 Å². The van der Waals surface area contributed by atoms with Gasteiger partial charge in [-0.3, -0.25) is 0 Å². The first-order chi connectivity index (χ1) is 8.74. The van der Waals surface area contributed by atoms with Crippen molar-refractivity contribution in [1.29, 1.82) is 0 Å². The van der Waals surface area contributed by atoms with Crippen LogP contribution in [0.25, 0.3) is 0 Å². The van der Waals surface area contributed by atoms with Crippen molar-refractivity contribution in [2.45, 2.75) is 22.6 Å². The molecule has 2 aromatic carbocycles. The fourth-order valence-electron chi connectivity index (χ4n) is 2.42. The molecule has 2 aromatic rings. The van der Waals surface area contributed by atoms with Crippen molar-refractivity contribution in [1.82, 2.24) is 0 Å². The molecule has 0 spiro atoms. The van der Waals surface area contributed by atoms with Crippen LogP contribution in [0.4, 0.5) is 4.39 Å². The smallest absolute Gasteiger partial charge is 0.124 e. The summed E-state index contributed by atoms with van der Waals surface area (Å²) in [5.41, 5.74) is 8.81. The van der Waals surface area contributed by atoms with E-state index in [1.807, 2.05) is 18.2 Å². The van der Waals surface area contributed by atoms with Gasteiger partial charge in [0.05, 0.1) is 0 Å². The third-order valence-electron chi connectivity index (χ3n) is 3.32. The predicted octanol–water partition coefficient (Wildman–Crippen LogP) is 3.54. The Morgan fingerprint density at radius 1 is 1.11 bits per heavy atom. The molecule has 0 aliphatic heterocycles. The number of hydrogen-bond donors (Lipinski definition) is 1. The van der Waals surface area contributed by atoms with Gasteiger partial charge < -0.3 is 5.73 Å². The Hall–Kier alpha value is -1.32. The van der Waals surface area contributed by atoms with Crippen molar-refractivity contribution in [2.75, 3.05) is 0 Å². The maximum atomic E-state index is 13.2. The lowest BCUT2D eigenvalue weighted by atomic mass is 10.1. The van der Waals surface area contributed by atoms with Crippen molar-refractivity contribution < 1.29 is 4.39 Å². The molecule has 2 unspecified atom stereocenters. The van der Waals surface area contributed by atoms with Crippen LogP contribution in [0.1, 0.15) is 17.2 Å². The summed E-state index contributed by atoms with van der Waals surface area (Å²) in [6.07, 6.45) is 0.957. The van der Waals surface area contributed by atoms with Gasteiger partial charge in [-0.2, -0.15) is 0 Å². The Morgan fingerprint density at radius 2 is 1.94 bits per heavy atom. The second kappa shape index (κ2) is 4.75. The SMILES string of the molecule is NC1c2ccccc2CC1Sc1cccc(F)c1. The lowest BCUT2D eigenvalue weighted by molar-refractivity contribution is 0.624. The zero-order valence-electron chi connectivity index (χ0n) is 9.84. The summed E-state index contributed by atoms with van der Waals surface area (Å²) in [7, 11) is 0. The Morgan fingerprint density at radius 3 is 2.72 bits per heavy atom. The van der Waals surface area contributed by atoms with Crippen molar-refractivity contribution in [3.05, 3.63) is 65.5 Å². The number of halogens is 1. The number of fused-ring (bicyclic) bond motifs is 1. The molecule has 1 aliphatic carbocycles. The van der Waals surface area contributed by atoms with Crippen LogP contribution in [0.2, 0.25) is 0 Å². The average molecular weight is 259 g/mol. The minimum absolute atomic E-state index is 0.0365. The van der Waals surface area contributed by atoms with Crippen LogP contribution in [0.15, 0.2) is 53.4 Å². The van der Waals surface area contributed by atoms with E-state index in [-0.39, 0.29) is 11.9 Å². The summed E-state index contributed by atoms with van der Waals surface area (Å²) >= 11 is 1.67. The van der Waals surface area contributed by atoms with Gasteiger partial charge in [0.1, 0.15) is 5.82 Å². The van der Waals surface area contributed by atoms with Crippen LogP contribution in [-0.2, 0) is 6.42 Å². The van der Waals surface area contributed by atoms with Gasteiger partial charge in [0.15, 0.2) is 0 Å². The normalized spacial score (nSPS) is 21.9. The van der Waals surface area contributed by atoms with Crippen LogP contribution in [0.5, 0.6) is 0 Å². The predicted molar refractivity (Wildman–Crippen MR) is 73.1 cm³/mol. The van der Waals surface area contributed by atoms with Gasteiger partial charge in [0.25, 0.3) is 0 Å². The monoisotopic (exact) mass is 259 g/mol. The fraction of sp³-hybridized carbons (Fsp3) is 0.200. The van der Waals surface area contributed by atoms with E-state index in [0.717, 1.165) is 11.3 Å². The van der Waals surface area contributed by atoms with Crippen molar-refractivity contribution in [2.24, 2.45) is 5.73 Å². The molecular formula is C15H14FNS. The molecular weight excluding hydrogens is 245 g/mol. The summed E-state index contributed by atoms with van der Waals surface area (Å²) in [5, 5.41) is 0.296. The average Bonchev–Trinajstić information content (AvgIpc) is 2.67. The van der Waals surface area contributed by atoms with E-state index in [1.54, 1.807) is 23.9 Å². The Balaban J connectivity index is 1.81. The number of benzene rings is 2. The molecule has 0 saturated heterocycles. The molecule has 92 valence electrons. The first kappa shape index (κ1) is 11.8. The van der Waals surface area contributed by atoms with Crippen molar-refractivity contribution >= 4 is 11.8 Å². The molecule has 1 aliphatic rings. The largest absolute Gasteiger partial charge is 0.323 e. The van der Waals surface area contributed by atoms with Gasteiger partial charge in [0.2, 0.25) is 0 Å². The van der Waals surface area contributed by atoms with Crippen LogP contribution < -0.4 is 5.73 Å². The van der Waals surface area contributed by atoms with Gasteiger partial charge in [-0.05, 0) is 35.7 Å². The van der Waals surface area contributed by atoms with E-state index < -0.39 is 0 Å². The lowest BCUT2D eigenvalue weighted by Gasteiger charge is -2.15. The number of nitrogens with two attached hydrogens (primary N) is 1. The van der Waals surface area contributed by atoms with E-state index in [2.05, 4.69) is 12.1 Å².